The minimum absolute atomic E-state index is 0.144. The van der Waals surface area contributed by atoms with Gasteiger partial charge in [-0.25, -0.2) is 0 Å². The Morgan fingerprint density at radius 1 is 1.09 bits per heavy atom. The second kappa shape index (κ2) is 6.57. The smallest absolute Gasteiger partial charge is 0.246 e. The Morgan fingerprint density at radius 2 is 1.86 bits per heavy atom. The maximum absolute atomic E-state index is 11.9. The molecule has 0 fully saturated rings. The van der Waals surface area contributed by atoms with Crippen molar-refractivity contribution in [1.29, 1.82) is 0 Å². The molecule has 2 heterocycles. The number of carbonyl (C=O) groups excluding carboxylic acids is 1. The average molecular weight is 360 g/mol. The number of halogens is 1. The van der Waals surface area contributed by atoms with E-state index in [4.69, 9.17) is 0 Å². The van der Waals surface area contributed by atoms with Gasteiger partial charge in [0.25, 0.3) is 0 Å². The highest BCUT2D eigenvalue weighted by Crippen LogP contribution is 2.09. The van der Waals surface area contributed by atoms with Crippen molar-refractivity contribution in [1.82, 2.24) is 19.6 Å². The molecule has 3 rings (SSSR count). The Labute approximate surface area is 135 Å². The standard InChI is InChI=1S/C15H14BrN5O/c16-13-6-17-21(9-13)11-15(22)19-14-7-18-20(10-14)8-12-4-2-1-3-5-12/h1-7,9-10H,8,11H2,(H,19,22). The molecule has 22 heavy (non-hydrogen) atoms. The molecule has 0 bridgehead atoms. The van der Waals surface area contributed by atoms with Crippen LogP contribution in [0.1, 0.15) is 5.56 Å². The largest absolute Gasteiger partial charge is 0.322 e. The summed E-state index contributed by atoms with van der Waals surface area (Å²) in [7, 11) is 0. The molecule has 0 atom stereocenters. The van der Waals surface area contributed by atoms with E-state index < -0.39 is 0 Å². The van der Waals surface area contributed by atoms with Gasteiger partial charge < -0.3 is 5.32 Å². The van der Waals surface area contributed by atoms with Crippen molar-refractivity contribution < 1.29 is 4.79 Å². The number of rotatable bonds is 5. The zero-order valence-electron chi connectivity index (χ0n) is 11.7. The first-order chi connectivity index (χ1) is 10.7. The van der Waals surface area contributed by atoms with Crippen LogP contribution in [0.15, 0.2) is 59.6 Å². The molecule has 3 aromatic rings. The van der Waals surface area contributed by atoms with E-state index in [0.717, 1.165) is 10.0 Å². The molecule has 0 aliphatic heterocycles. The van der Waals surface area contributed by atoms with Crippen molar-refractivity contribution in [2.75, 3.05) is 5.32 Å². The fraction of sp³-hybridized carbons (Fsp3) is 0.133. The van der Waals surface area contributed by atoms with Crippen LogP contribution in [-0.2, 0) is 17.9 Å². The van der Waals surface area contributed by atoms with Gasteiger partial charge in [-0.15, -0.1) is 0 Å². The number of aromatic nitrogens is 4. The molecule has 1 aromatic carbocycles. The van der Waals surface area contributed by atoms with Gasteiger partial charge in [0, 0.05) is 12.4 Å². The number of nitrogens with one attached hydrogen (secondary N) is 1. The molecule has 0 unspecified atom stereocenters. The third-order valence-corrected chi connectivity index (χ3v) is 3.42. The third-order valence-electron chi connectivity index (χ3n) is 3.01. The number of carbonyl (C=O) groups is 1. The van der Waals surface area contributed by atoms with E-state index in [9.17, 15) is 4.79 Å². The van der Waals surface area contributed by atoms with Crippen LogP contribution in [0.25, 0.3) is 0 Å². The molecule has 6 nitrogen and oxygen atoms in total. The molecule has 0 aliphatic carbocycles. The fourth-order valence-corrected chi connectivity index (χ4v) is 2.39. The minimum Gasteiger partial charge on any atom is -0.322 e. The van der Waals surface area contributed by atoms with Crippen LogP contribution in [0, 0.1) is 0 Å². The summed E-state index contributed by atoms with van der Waals surface area (Å²) in [6.45, 7) is 0.832. The zero-order valence-corrected chi connectivity index (χ0v) is 13.3. The summed E-state index contributed by atoms with van der Waals surface area (Å²) < 4.78 is 4.19. The molecular weight excluding hydrogens is 346 g/mol. The van der Waals surface area contributed by atoms with Gasteiger partial charge in [0.2, 0.25) is 5.91 Å². The molecule has 0 aliphatic rings. The first-order valence-electron chi connectivity index (χ1n) is 6.73. The number of amides is 1. The van der Waals surface area contributed by atoms with Crippen LogP contribution >= 0.6 is 15.9 Å². The van der Waals surface area contributed by atoms with Crippen molar-refractivity contribution >= 4 is 27.5 Å². The normalized spacial score (nSPS) is 10.6. The first-order valence-corrected chi connectivity index (χ1v) is 7.52. The molecule has 0 radical (unpaired) electrons. The van der Waals surface area contributed by atoms with Crippen LogP contribution in [0.3, 0.4) is 0 Å². The molecule has 0 saturated carbocycles. The topological polar surface area (TPSA) is 64.7 Å². The van der Waals surface area contributed by atoms with Crippen molar-refractivity contribution in [2.45, 2.75) is 13.1 Å². The summed E-state index contributed by atoms with van der Waals surface area (Å²) in [6.07, 6.45) is 6.84. The summed E-state index contributed by atoms with van der Waals surface area (Å²) >= 11 is 3.30. The highest BCUT2D eigenvalue weighted by atomic mass is 79.9. The summed E-state index contributed by atoms with van der Waals surface area (Å²) in [5.74, 6) is -0.144. The molecule has 2 aromatic heterocycles. The van der Waals surface area contributed by atoms with Gasteiger partial charge in [0.15, 0.2) is 0 Å². The summed E-state index contributed by atoms with van der Waals surface area (Å²) in [5.41, 5.74) is 1.83. The van der Waals surface area contributed by atoms with Crippen LogP contribution in [0.2, 0.25) is 0 Å². The summed E-state index contributed by atoms with van der Waals surface area (Å²) in [5, 5.41) is 11.1. The third kappa shape index (κ3) is 3.82. The monoisotopic (exact) mass is 359 g/mol. The predicted octanol–water partition coefficient (Wildman–Crippen LogP) is 2.53. The molecular formula is C15H14BrN5O. The van der Waals surface area contributed by atoms with Crippen molar-refractivity contribution in [3.05, 3.63) is 65.2 Å². The first kappa shape index (κ1) is 14.5. The zero-order chi connectivity index (χ0) is 15.4. The van der Waals surface area contributed by atoms with E-state index in [1.807, 2.05) is 36.5 Å². The number of benzene rings is 1. The Balaban J connectivity index is 1.58. The van der Waals surface area contributed by atoms with E-state index >= 15 is 0 Å². The van der Waals surface area contributed by atoms with Crippen LogP contribution in [0.5, 0.6) is 0 Å². The Bertz CT molecular complexity index is 765. The van der Waals surface area contributed by atoms with Crippen molar-refractivity contribution in [3.8, 4) is 0 Å². The highest BCUT2D eigenvalue weighted by molar-refractivity contribution is 9.10. The van der Waals surface area contributed by atoms with E-state index in [1.54, 1.807) is 28.0 Å². The highest BCUT2D eigenvalue weighted by Gasteiger charge is 2.07. The number of nitrogens with zero attached hydrogens (tertiary/aromatic N) is 4. The number of hydrogen-bond acceptors (Lipinski definition) is 3. The molecule has 112 valence electrons. The number of anilines is 1. The molecule has 0 spiro atoms. The molecule has 1 amide bonds. The summed E-state index contributed by atoms with van der Waals surface area (Å²) in [4.78, 5) is 11.9. The van der Waals surface area contributed by atoms with Gasteiger partial charge in [-0.1, -0.05) is 30.3 Å². The second-order valence-corrected chi connectivity index (χ2v) is 5.73. The van der Waals surface area contributed by atoms with Gasteiger partial charge in [-0.2, -0.15) is 10.2 Å². The van der Waals surface area contributed by atoms with E-state index in [2.05, 4.69) is 31.4 Å². The van der Waals surface area contributed by atoms with Crippen LogP contribution in [0.4, 0.5) is 5.69 Å². The maximum Gasteiger partial charge on any atom is 0.246 e. The van der Waals surface area contributed by atoms with Gasteiger partial charge in [-0.3, -0.25) is 14.2 Å². The van der Waals surface area contributed by atoms with E-state index in [-0.39, 0.29) is 12.5 Å². The van der Waals surface area contributed by atoms with Crippen molar-refractivity contribution in [3.63, 3.8) is 0 Å². The quantitative estimate of drug-likeness (QED) is 0.761. The lowest BCUT2D eigenvalue weighted by molar-refractivity contribution is -0.116. The van der Waals surface area contributed by atoms with Crippen LogP contribution in [-0.4, -0.2) is 25.5 Å². The lowest BCUT2D eigenvalue weighted by atomic mass is 10.2. The molecule has 1 N–H and O–H groups in total. The Morgan fingerprint density at radius 3 is 2.59 bits per heavy atom. The number of hydrogen-bond donors (Lipinski definition) is 1. The maximum atomic E-state index is 11.9. The van der Waals surface area contributed by atoms with Gasteiger partial charge in [-0.05, 0) is 21.5 Å². The van der Waals surface area contributed by atoms with Gasteiger partial charge in [0.1, 0.15) is 6.54 Å². The molecule has 7 heteroatoms. The minimum atomic E-state index is -0.144. The Kier molecular flexibility index (Phi) is 4.34. The average Bonchev–Trinajstić information content (AvgIpc) is 3.09. The second-order valence-electron chi connectivity index (χ2n) is 4.82. The van der Waals surface area contributed by atoms with E-state index in [0.29, 0.717) is 12.2 Å². The van der Waals surface area contributed by atoms with Gasteiger partial charge >= 0.3 is 0 Å². The predicted molar refractivity (Wildman–Crippen MR) is 86.3 cm³/mol. The van der Waals surface area contributed by atoms with Crippen LogP contribution < -0.4 is 5.32 Å². The SMILES string of the molecule is O=C(Cn1cc(Br)cn1)Nc1cnn(Cc2ccccc2)c1. The fourth-order valence-electron chi connectivity index (χ4n) is 2.06. The lowest BCUT2D eigenvalue weighted by Crippen LogP contribution is -2.18. The Hall–Kier alpha value is -2.41. The summed E-state index contributed by atoms with van der Waals surface area (Å²) in [6, 6.07) is 10.0. The lowest BCUT2D eigenvalue weighted by Gasteiger charge is -2.03. The van der Waals surface area contributed by atoms with Gasteiger partial charge in [0.05, 0.1) is 29.1 Å². The van der Waals surface area contributed by atoms with E-state index in [1.165, 1.54) is 0 Å². The van der Waals surface area contributed by atoms with Crippen molar-refractivity contribution in [2.24, 2.45) is 0 Å². The molecule has 0 saturated heterocycles.